The molecule has 0 aromatic rings. The van der Waals surface area contributed by atoms with Gasteiger partial charge in [0, 0.05) is 0 Å². The van der Waals surface area contributed by atoms with Crippen molar-refractivity contribution in [2.75, 3.05) is 0 Å². The fraction of sp³-hybridized carbons (Fsp3) is 0.909. The van der Waals surface area contributed by atoms with Crippen LogP contribution in [0.5, 0.6) is 0 Å². The summed E-state index contributed by atoms with van der Waals surface area (Å²) in [5.41, 5.74) is 0. The highest BCUT2D eigenvalue weighted by Crippen LogP contribution is 2.13. The maximum absolute atomic E-state index is 10.3. The molecular weight excluding hydrogens is 180 g/mol. The van der Waals surface area contributed by atoms with Gasteiger partial charge in [0.2, 0.25) is 0 Å². The van der Waals surface area contributed by atoms with Gasteiger partial charge in [0.1, 0.15) is 6.10 Å². The first-order valence-electron chi connectivity index (χ1n) is 5.45. The first-order chi connectivity index (χ1) is 6.56. The van der Waals surface area contributed by atoms with Crippen LogP contribution in [0, 0.1) is 5.92 Å². The Morgan fingerprint density at radius 1 is 1.29 bits per heavy atom. The monoisotopic (exact) mass is 202 g/mol. The number of unbranched alkanes of at least 4 members (excludes halogenated alkanes) is 1. The SMILES string of the molecule is CCC(CCCCC(C)C)OC(=O)O. The quantitative estimate of drug-likeness (QED) is 0.506. The van der Waals surface area contributed by atoms with Gasteiger partial charge in [-0.1, -0.05) is 33.6 Å². The van der Waals surface area contributed by atoms with Gasteiger partial charge in [0.05, 0.1) is 0 Å². The summed E-state index contributed by atoms with van der Waals surface area (Å²) in [7, 11) is 0. The van der Waals surface area contributed by atoms with E-state index in [2.05, 4.69) is 13.8 Å². The van der Waals surface area contributed by atoms with Crippen LogP contribution in [0.1, 0.15) is 52.9 Å². The van der Waals surface area contributed by atoms with Gasteiger partial charge in [-0.2, -0.15) is 0 Å². The van der Waals surface area contributed by atoms with Crippen molar-refractivity contribution in [1.29, 1.82) is 0 Å². The van der Waals surface area contributed by atoms with Crippen molar-refractivity contribution in [3.63, 3.8) is 0 Å². The Morgan fingerprint density at radius 2 is 1.86 bits per heavy atom. The molecule has 0 aliphatic heterocycles. The van der Waals surface area contributed by atoms with E-state index >= 15 is 0 Å². The van der Waals surface area contributed by atoms with Crippen molar-refractivity contribution in [2.24, 2.45) is 5.92 Å². The van der Waals surface area contributed by atoms with Gasteiger partial charge in [-0.15, -0.1) is 0 Å². The molecule has 3 heteroatoms. The lowest BCUT2D eigenvalue weighted by Crippen LogP contribution is -2.15. The summed E-state index contributed by atoms with van der Waals surface area (Å²) in [5, 5.41) is 8.44. The van der Waals surface area contributed by atoms with Crippen molar-refractivity contribution < 1.29 is 14.6 Å². The molecule has 0 aromatic heterocycles. The maximum Gasteiger partial charge on any atom is 0.506 e. The van der Waals surface area contributed by atoms with E-state index in [0.717, 1.165) is 31.6 Å². The standard InChI is InChI=1S/C11H22O3/c1-4-10(14-11(12)13)8-6-5-7-9(2)3/h9-10H,4-8H2,1-3H3,(H,12,13). The van der Waals surface area contributed by atoms with Crippen LogP contribution in [0.15, 0.2) is 0 Å². The minimum atomic E-state index is -1.15. The fourth-order valence-electron chi connectivity index (χ4n) is 1.41. The highest BCUT2D eigenvalue weighted by molar-refractivity contribution is 5.57. The summed E-state index contributed by atoms with van der Waals surface area (Å²) >= 11 is 0. The van der Waals surface area contributed by atoms with Crippen LogP contribution in [-0.4, -0.2) is 17.4 Å². The normalized spacial score (nSPS) is 12.9. The number of hydrogen-bond acceptors (Lipinski definition) is 2. The largest absolute Gasteiger partial charge is 0.506 e. The molecule has 0 spiro atoms. The van der Waals surface area contributed by atoms with Gasteiger partial charge in [0.25, 0.3) is 0 Å². The average Bonchev–Trinajstić information content (AvgIpc) is 2.09. The van der Waals surface area contributed by atoms with E-state index in [-0.39, 0.29) is 6.10 Å². The van der Waals surface area contributed by atoms with Crippen LogP contribution in [0.2, 0.25) is 0 Å². The van der Waals surface area contributed by atoms with Gasteiger partial charge >= 0.3 is 6.16 Å². The summed E-state index contributed by atoms with van der Waals surface area (Å²) in [4.78, 5) is 10.3. The summed E-state index contributed by atoms with van der Waals surface area (Å²) in [6.45, 7) is 6.35. The zero-order chi connectivity index (χ0) is 11.0. The Morgan fingerprint density at radius 3 is 2.29 bits per heavy atom. The van der Waals surface area contributed by atoms with Crippen molar-refractivity contribution in [3.05, 3.63) is 0 Å². The van der Waals surface area contributed by atoms with E-state index in [9.17, 15) is 4.79 Å². The number of rotatable bonds is 7. The molecule has 0 heterocycles. The molecular formula is C11H22O3. The smallest absolute Gasteiger partial charge is 0.450 e. The van der Waals surface area contributed by atoms with Crippen molar-refractivity contribution in [1.82, 2.24) is 0 Å². The molecule has 0 aliphatic carbocycles. The Bertz CT molecular complexity index is 155. The molecule has 1 atom stereocenters. The Hall–Kier alpha value is -0.730. The van der Waals surface area contributed by atoms with Crippen LogP contribution in [0.4, 0.5) is 4.79 Å². The highest BCUT2D eigenvalue weighted by Gasteiger charge is 2.10. The van der Waals surface area contributed by atoms with Gasteiger partial charge in [-0.05, 0) is 25.2 Å². The molecule has 0 aliphatic rings. The summed E-state index contributed by atoms with van der Waals surface area (Å²) in [6, 6.07) is 0. The van der Waals surface area contributed by atoms with Gasteiger partial charge in [-0.25, -0.2) is 4.79 Å². The molecule has 0 saturated carbocycles. The predicted molar refractivity (Wildman–Crippen MR) is 56.5 cm³/mol. The summed E-state index contributed by atoms with van der Waals surface area (Å²) in [5.74, 6) is 0.732. The first-order valence-corrected chi connectivity index (χ1v) is 5.45. The molecule has 0 saturated heterocycles. The van der Waals surface area contributed by atoms with E-state index in [1.54, 1.807) is 0 Å². The molecule has 0 bridgehead atoms. The van der Waals surface area contributed by atoms with Crippen LogP contribution < -0.4 is 0 Å². The minimum absolute atomic E-state index is 0.111. The lowest BCUT2D eigenvalue weighted by atomic mass is 10.0. The number of carbonyl (C=O) groups is 1. The van der Waals surface area contributed by atoms with Crippen LogP contribution >= 0.6 is 0 Å². The number of ether oxygens (including phenoxy) is 1. The molecule has 1 unspecified atom stereocenters. The van der Waals surface area contributed by atoms with E-state index in [1.807, 2.05) is 6.92 Å². The second-order valence-corrected chi connectivity index (χ2v) is 4.09. The molecule has 0 radical (unpaired) electrons. The number of hydrogen-bond donors (Lipinski definition) is 1. The van der Waals surface area contributed by atoms with E-state index in [4.69, 9.17) is 9.84 Å². The van der Waals surface area contributed by atoms with Crippen LogP contribution in [-0.2, 0) is 4.74 Å². The molecule has 14 heavy (non-hydrogen) atoms. The Labute approximate surface area is 86.5 Å². The zero-order valence-electron chi connectivity index (χ0n) is 9.45. The van der Waals surface area contributed by atoms with Gasteiger partial charge < -0.3 is 9.84 Å². The third kappa shape index (κ3) is 7.90. The van der Waals surface area contributed by atoms with Crippen LogP contribution in [0.25, 0.3) is 0 Å². The predicted octanol–water partition coefficient (Wildman–Crippen LogP) is 3.68. The second-order valence-electron chi connectivity index (χ2n) is 4.09. The minimum Gasteiger partial charge on any atom is -0.450 e. The lowest BCUT2D eigenvalue weighted by Gasteiger charge is -2.13. The maximum atomic E-state index is 10.3. The van der Waals surface area contributed by atoms with E-state index < -0.39 is 6.16 Å². The molecule has 0 fully saturated rings. The lowest BCUT2D eigenvalue weighted by molar-refractivity contribution is 0.0454. The fourth-order valence-corrected chi connectivity index (χ4v) is 1.41. The third-order valence-corrected chi connectivity index (χ3v) is 2.28. The zero-order valence-corrected chi connectivity index (χ0v) is 9.45. The van der Waals surface area contributed by atoms with Crippen molar-refractivity contribution in [3.8, 4) is 0 Å². The van der Waals surface area contributed by atoms with E-state index in [1.165, 1.54) is 6.42 Å². The number of carboxylic acid groups (broad SMARTS) is 1. The highest BCUT2D eigenvalue weighted by atomic mass is 16.7. The van der Waals surface area contributed by atoms with Gasteiger partial charge in [-0.3, -0.25) is 0 Å². The molecule has 0 rings (SSSR count). The topological polar surface area (TPSA) is 46.5 Å². The summed E-state index contributed by atoms with van der Waals surface area (Å²) in [6.07, 6.45) is 3.80. The van der Waals surface area contributed by atoms with Crippen molar-refractivity contribution in [2.45, 2.75) is 59.0 Å². The van der Waals surface area contributed by atoms with Crippen molar-refractivity contribution >= 4 is 6.16 Å². The second kappa shape index (κ2) is 7.65. The van der Waals surface area contributed by atoms with E-state index in [0.29, 0.717) is 0 Å². The van der Waals surface area contributed by atoms with Crippen LogP contribution in [0.3, 0.4) is 0 Å². The Balaban J connectivity index is 3.47. The average molecular weight is 202 g/mol. The molecule has 3 nitrogen and oxygen atoms in total. The molecule has 84 valence electrons. The third-order valence-electron chi connectivity index (χ3n) is 2.28. The molecule has 0 amide bonds. The molecule has 0 aromatic carbocycles. The van der Waals surface area contributed by atoms with Gasteiger partial charge in [0.15, 0.2) is 0 Å². The summed E-state index contributed by atoms with van der Waals surface area (Å²) < 4.78 is 4.72. The molecule has 1 N–H and O–H groups in total. The first kappa shape index (κ1) is 13.3. The Kier molecular flexibility index (Phi) is 7.25.